The number of hydrogen-bond donors (Lipinski definition) is 2. The van der Waals surface area contributed by atoms with Crippen molar-refractivity contribution >= 4 is 12.0 Å². The van der Waals surface area contributed by atoms with Crippen LogP contribution in [0, 0.1) is 0 Å². The van der Waals surface area contributed by atoms with Crippen molar-refractivity contribution in [3.63, 3.8) is 0 Å². The number of allylic oxidation sites excluding steroid dienone is 6. The summed E-state index contributed by atoms with van der Waals surface area (Å²) < 4.78 is 10.6. The normalized spacial score (nSPS) is 15.9. The Hall–Kier alpha value is -3.28. The summed E-state index contributed by atoms with van der Waals surface area (Å²) in [5.74, 6) is 0.175. The van der Waals surface area contributed by atoms with Crippen LogP contribution in [0.2, 0.25) is 0 Å². The van der Waals surface area contributed by atoms with E-state index in [1.165, 1.54) is 26.4 Å². The molecule has 1 aromatic carbocycles. The van der Waals surface area contributed by atoms with Crippen LogP contribution in [-0.2, 0) is 16.0 Å². The zero-order valence-corrected chi connectivity index (χ0v) is 21.4. The highest BCUT2D eigenvalue weighted by atomic mass is 16.5. The number of urea groups is 1. The van der Waals surface area contributed by atoms with Crippen LogP contribution in [0.4, 0.5) is 4.79 Å². The minimum Gasteiger partial charge on any atom is -0.496 e. The Morgan fingerprint density at radius 1 is 1.03 bits per heavy atom. The van der Waals surface area contributed by atoms with Crippen molar-refractivity contribution in [2.24, 2.45) is 0 Å². The Morgan fingerprint density at radius 2 is 1.74 bits per heavy atom. The van der Waals surface area contributed by atoms with Gasteiger partial charge in [-0.25, -0.2) is 9.59 Å². The number of carbonyl (C=O) groups excluding carboxylic acids is 2. The molecule has 0 fully saturated rings. The standard InChI is InChI=1S/C29H40N2O4/c1-5-6-7-8-9-10-11-12-13-14-15-16-17-19-23-20-18-21-24(34-3)26(23)27-25(28(32)35-4)22(2)30-29(33)31-27/h5,7-8,10-11,18,20-21,27H,1,6,9,12-17,19H2,2-4H3,(H2,30,31,33)/b8-7+,11-10+. The van der Waals surface area contributed by atoms with Crippen molar-refractivity contribution in [2.75, 3.05) is 14.2 Å². The predicted molar refractivity (Wildman–Crippen MR) is 141 cm³/mol. The van der Waals surface area contributed by atoms with Gasteiger partial charge in [0.25, 0.3) is 0 Å². The van der Waals surface area contributed by atoms with Crippen LogP contribution in [0.1, 0.15) is 75.5 Å². The molecule has 6 heteroatoms. The van der Waals surface area contributed by atoms with Gasteiger partial charge in [-0.3, -0.25) is 0 Å². The van der Waals surface area contributed by atoms with E-state index in [1.807, 2.05) is 24.3 Å². The lowest BCUT2D eigenvalue weighted by atomic mass is 9.89. The van der Waals surface area contributed by atoms with E-state index >= 15 is 0 Å². The van der Waals surface area contributed by atoms with E-state index in [4.69, 9.17) is 9.47 Å². The Kier molecular flexibility index (Phi) is 12.5. The zero-order chi connectivity index (χ0) is 25.5. The molecule has 1 unspecified atom stereocenters. The fraction of sp³-hybridized carbons (Fsp3) is 0.448. The number of unbranched alkanes of at least 4 members (excludes halogenated alkanes) is 5. The first-order valence-electron chi connectivity index (χ1n) is 12.5. The second-order valence-corrected chi connectivity index (χ2v) is 8.60. The van der Waals surface area contributed by atoms with Gasteiger partial charge < -0.3 is 20.1 Å². The topological polar surface area (TPSA) is 76.7 Å². The van der Waals surface area contributed by atoms with Crippen LogP contribution in [0.3, 0.4) is 0 Å². The zero-order valence-electron chi connectivity index (χ0n) is 21.4. The smallest absolute Gasteiger partial charge is 0.337 e. The van der Waals surface area contributed by atoms with Crippen molar-refractivity contribution in [1.82, 2.24) is 10.6 Å². The number of carbonyl (C=O) groups is 2. The third-order valence-electron chi connectivity index (χ3n) is 6.06. The van der Waals surface area contributed by atoms with Gasteiger partial charge >= 0.3 is 12.0 Å². The molecule has 2 rings (SSSR count). The molecule has 0 radical (unpaired) electrons. The van der Waals surface area contributed by atoms with Crippen molar-refractivity contribution in [3.05, 3.63) is 77.6 Å². The maximum Gasteiger partial charge on any atom is 0.337 e. The molecule has 1 heterocycles. The number of methoxy groups -OCH3 is 2. The lowest BCUT2D eigenvalue weighted by molar-refractivity contribution is -0.136. The van der Waals surface area contributed by atoms with E-state index in [9.17, 15) is 9.59 Å². The molecule has 0 saturated heterocycles. The summed E-state index contributed by atoms with van der Waals surface area (Å²) in [6.07, 6.45) is 20.3. The van der Waals surface area contributed by atoms with Crippen LogP contribution in [-0.4, -0.2) is 26.2 Å². The summed E-state index contributed by atoms with van der Waals surface area (Å²) in [5.41, 5.74) is 2.77. The average Bonchev–Trinajstić information content (AvgIpc) is 2.85. The second-order valence-electron chi connectivity index (χ2n) is 8.60. The Morgan fingerprint density at radius 3 is 2.49 bits per heavy atom. The lowest BCUT2D eigenvalue weighted by Gasteiger charge is -2.30. The molecular formula is C29H40N2O4. The van der Waals surface area contributed by atoms with Crippen molar-refractivity contribution < 1.29 is 19.1 Å². The number of benzene rings is 1. The maximum absolute atomic E-state index is 12.5. The highest BCUT2D eigenvalue weighted by molar-refractivity contribution is 5.95. The molecule has 190 valence electrons. The Balaban J connectivity index is 1.93. The van der Waals surface area contributed by atoms with Gasteiger partial charge in [0.05, 0.1) is 25.8 Å². The molecule has 1 aliphatic rings. The summed E-state index contributed by atoms with van der Waals surface area (Å²) in [6.45, 7) is 5.42. The van der Waals surface area contributed by atoms with Gasteiger partial charge in [-0.05, 0) is 57.1 Å². The van der Waals surface area contributed by atoms with Crippen LogP contribution in [0.5, 0.6) is 5.75 Å². The Bertz CT molecular complexity index is 946. The summed E-state index contributed by atoms with van der Waals surface area (Å²) in [7, 11) is 2.95. The number of ether oxygens (including phenoxy) is 2. The Labute approximate surface area is 210 Å². The number of nitrogens with one attached hydrogen (secondary N) is 2. The van der Waals surface area contributed by atoms with Crippen LogP contribution >= 0.6 is 0 Å². The highest BCUT2D eigenvalue weighted by Crippen LogP contribution is 2.36. The number of aryl methyl sites for hydroxylation is 1. The van der Waals surface area contributed by atoms with Gasteiger partial charge in [0.15, 0.2) is 0 Å². The van der Waals surface area contributed by atoms with Gasteiger partial charge in [0.2, 0.25) is 0 Å². The first-order valence-corrected chi connectivity index (χ1v) is 12.5. The number of amides is 2. The molecular weight excluding hydrogens is 440 g/mol. The van der Waals surface area contributed by atoms with E-state index in [0.29, 0.717) is 17.0 Å². The minimum atomic E-state index is -0.624. The summed E-state index contributed by atoms with van der Waals surface area (Å²) in [4.78, 5) is 24.8. The van der Waals surface area contributed by atoms with Crippen molar-refractivity contribution in [3.8, 4) is 5.75 Å². The number of rotatable bonds is 15. The fourth-order valence-electron chi connectivity index (χ4n) is 4.29. The van der Waals surface area contributed by atoms with Gasteiger partial charge in [-0.2, -0.15) is 0 Å². The first kappa shape index (κ1) is 28.0. The SMILES string of the molecule is C=CC/C=C/C/C=C/CCCCCCCc1cccc(OC)c1C1NC(=O)NC(C)=C1C(=O)OC. The highest BCUT2D eigenvalue weighted by Gasteiger charge is 2.34. The fourth-order valence-corrected chi connectivity index (χ4v) is 4.29. The van der Waals surface area contributed by atoms with E-state index in [0.717, 1.165) is 49.7 Å². The van der Waals surface area contributed by atoms with E-state index in [-0.39, 0.29) is 6.03 Å². The van der Waals surface area contributed by atoms with Gasteiger partial charge in [-0.15, -0.1) is 6.58 Å². The summed E-state index contributed by atoms with van der Waals surface area (Å²) in [5, 5.41) is 5.56. The molecule has 0 aromatic heterocycles. The molecule has 0 aliphatic carbocycles. The second kappa shape index (κ2) is 15.6. The van der Waals surface area contributed by atoms with E-state index in [2.05, 4.69) is 41.5 Å². The van der Waals surface area contributed by atoms with Crippen LogP contribution in [0.15, 0.2) is 66.4 Å². The quantitative estimate of drug-likeness (QED) is 0.172. The molecule has 0 bridgehead atoms. The van der Waals surface area contributed by atoms with Gasteiger partial charge in [-0.1, -0.05) is 61.8 Å². The molecule has 0 spiro atoms. The van der Waals surface area contributed by atoms with Crippen LogP contribution in [0.25, 0.3) is 0 Å². The van der Waals surface area contributed by atoms with E-state index < -0.39 is 12.0 Å². The molecule has 6 nitrogen and oxygen atoms in total. The third-order valence-corrected chi connectivity index (χ3v) is 6.06. The molecule has 1 atom stereocenters. The molecule has 0 saturated carbocycles. The molecule has 1 aromatic rings. The lowest BCUT2D eigenvalue weighted by Crippen LogP contribution is -2.45. The maximum atomic E-state index is 12.5. The monoisotopic (exact) mass is 480 g/mol. The number of hydrogen-bond acceptors (Lipinski definition) is 4. The van der Waals surface area contributed by atoms with Crippen molar-refractivity contribution in [1.29, 1.82) is 0 Å². The van der Waals surface area contributed by atoms with Gasteiger partial charge in [0.1, 0.15) is 5.75 Å². The molecule has 2 N–H and O–H groups in total. The van der Waals surface area contributed by atoms with Crippen molar-refractivity contribution in [2.45, 2.75) is 70.8 Å². The molecule has 1 aliphatic heterocycles. The van der Waals surface area contributed by atoms with Crippen LogP contribution < -0.4 is 15.4 Å². The largest absolute Gasteiger partial charge is 0.496 e. The summed E-state index contributed by atoms with van der Waals surface area (Å²) in [6, 6.07) is 4.89. The van der Waals surface area contributed by atoms with E-state index in [1.54, 1.807) is 14.0 Å². The van der Waals surface area contributed by atoms with Gasteiger partial charge in [0, 0.05) is 11.3 Å². The minimum absolute atomic E-state index is 0.348. The number of esters is 1. The predicted octanol–water partition coefficient (Wildman–Crippen LogP) is 6.46. The molecule has 35 heavy (non-hydrogen) atoms. The average molecular weight is 481 g/mol. The third kappa shape index (κ3) is 8.78. The summed E-state index contributed by atoms with van der Waals surface area (Å²) >= 11 is 0. The first-order chi connectivity index (χ1) is 17.0. The molecule has 2 amide bonds.